The van der Waals surface area contributed by atoms with Gasteiger partial charge >= 0.3 is 0 Å². The highest BCUT2D eigenvalue weighted by atomic mass is 16.5. The summed E-state index contributed by atoms with van der Waals surface area (Å²) in [6, 6.07) is 20.4. The van der Waals surface area contributed by atoms with Crippen molar-refractivity contribution in [1.82, 2.24) is 10.2 Å². The number of fused-ring (bicyclic) bond motifs is 1. The zero-order valence-electron chi connectivity index (χ0n) is 20.7. The van der Waals surface area contributed by atoms with Gasteiger partial charge in [0, 0.05) is 24.7 Å². The molecular weight excluding hydrogens is 424 g/mol. The number of benzene rings is 3. The standard InChI is InChI=1S/C29H34N2O3/c1-19-10-12-22(13-11-19)18-31-15-14-23-16-26(33-4)27(34-5)17-25(23)28(31)21(3)30-29(32)24-9-7-6-8-20(24)2/h6-13,16-17,21,28H,14-15,18H2,1-5H3,(H,30,32)/t21-,28+/m0/s1. The van der Waals surface area contributed by atoms with Crippen LogP contribution in [0.5, 0.6) is 11.5 Å². The van der Waals surface area contributed by atoms with E-state index in [1.54, 1.807) is 14.2 Å². The van der Waals surface area contributed by atoms with Crippen LogP contribution in [0.3, 0.4) is 0 Å². The van der Waals surface area contributed by atoms with Crippen molar-refractivity contribution in [2.45, 2.75) is 45.8 Å². The molecule has 0 radical (unpaired) electrons. The number of methoxy groups -OCH3 is 2. The molecule has 178 valence electrons. The Bertz CT molecular complexity index is 1160. The first-order chi connectivity index (χ1) is 16.4. The minimum absolute atomic E-state index is 0.00201. The first-order valence-electron chi connectivity index (χ1n) is 11.8. The second kappa shape index (κ2) is 10.3. The van der Waals surface area contributed by atoms with Crippen LogP contribution in [0, 0.1) is 13.8 Å². The van der Waals surface area contributed by atoms with Crippen LogP contribution in [0.15, 0.2) is 60.7 Å². The Morgan fingerprint density at radius 2 is 1.71 bits per heavy atom. The highest BCUT2D eigenvalue weighted by molar-refractivity contribution is 5.95. The summed E-state index contributed by atoms with van der Waals surface area (Å²) in [4.78, 5) is 15.6. The second-order valence-corrected chi connectivity index (χ2v) is 9.13. The number of carbonyl (C=O) groups is 1. The summed E-state index contributed by atoms with van der Waals surface area (Å²) < 4.78 is 11.2. The first kappa shape index (κ1) is 23.8. The van der Waals surface area contributed by atoms with E-state index in [-0.39, 0.29) is 18.0 Å². The van der Waals surface area contributed by atoms with Crippen LogP contribution in [-0.2, 0) is 13.0 Å². The average molecular weight is 459 g/mol. The Labute approximate surface area is 202 Å². The number of ether oxygens (including phenoxy) is 2. The summed E-state index contributed by atoms with van der Waals surface area (Å²) in [6.45, 7) is 7.87. The maximum atomic E-state index is 13.2. The number of hydrogen-bond acceptors (Lipinski definition) is 4. The lowest BCUT2D eigenvalue weighted by molar-refractivity contribution is 0.0876. The number of amides is 1. The Morgan fingerprint density at radius 3 is 2.38 bits per heavy atom. The molecule has 0 fully saturated rings. The van der Waals surface area contributed by atoms with E-state index in [0.717, 1.165) is 30.8 Å². The van der Waals surface area contributed by atoms with E-state index in [0.29, 0.717) is 11.3 Å². The molecular formula is C29H34N2O3. The highest BCUT2D eigenvalue weighted by Crippen LogP contribution is 2.40. The zero-order valence-corrected chi connectivity index (χ0v) is 20.7. The largest absolute Gasteiger partial charge is 0.493 e. The van der Waals surface area contributed by atoms with Gasteiger partial charge in [0.05, 0.1) is 20.3 Å². The number of rotatable bonds is 7. The molecule has 1 N–H and O–H groups in total. The van der Waals surface area contributed by atoms with Crippen LogP contribution in [0.4, 0.5) is 0 Å². The topological polar surface area (TPSA) is 50.8 Å². The van der Waals surface area contributed by atoms with Crippen molar-refractivity contribution in [3.63, 3.8) is 0 Å². The lowest BCUT2D eigenvalue weighted by atomic mass is 9.87. The molecule has 0 saturated carbocycles. The Kier molecular flexibility index (Phi) is 7.23. The van der Waals surface area contributed by atoms with E-state index in [1.807, 2.05) is 31.2 Å². The number of nitrogens with zero attached hydrogens (tertiary/aromatic N) is 1. The molecule has 0 saturated heterocycles. The molecule has 0 aromatic heterocycles. The molecule has 0 bridgehead atoms. The van der Waals surface area contributed by atoms with E-state index in [9.17, 15) is 4.79 Å². The molecule has 1 heterocycles. The van der Waals surface area contributed by atoms with Gasteiger partial charge in [0.25, 0.3) is 5.91 Å². The van der Waals surface area contributed by atoms with Gasteiger partial charge in [-0.05, 0) is 67.6 Å². The van der Waals surface area contributed by atoms with Gasteiger partial charge in [-0.2, -0.15) is 0 Å². The average Bonchev–Trinajstić information content (AvgIpc) is 2.84. The number of hydrogen-bond donors (Lipinski definition) is 1. The van der Waals surface area contributed by atoms with Crippen LogP contribution in [0.25, 0.3) is 0 Å². The van der Waals surface area contributed by atoms with Gasteiger partial charge in [0.2, 0.25) is 0 Å². The summed E-state index contributed by atoms with van der Waals surface area (Å²) in [5.41, 5.74) is 6.60. The molecule has 4 rings (SSSR count). The van der Waals surface area contributed by atoms with Gasteiger partial charge in [-0.1, -0.05) is 48.0 Å². The molecule has 0 unspecified atom stereocenters. The smallest absolute Gasteiger partial charge is 0.251 e. The lowest BCUT2D eigenvalue weighted by Gasteiger charge is -2.41. The lowest BCUT2D eigenvalue weighted by Crippen LogP contribution is -2.47. The molecule has 3 aromatic rings. The summed E-state index contributed by atoms with van der Waals surface area (Å²) in [5, 5.41) is 3.29. The zero-order chi connectivity index (χ0) is 24.2. The number of nitrogens with one attached hydrogen (secondary N) is 1. The van der Waals surface area contributed by atoms with E-state index < -0.39 is 0 Å². The fourth-order valence-corrected chi connectivity index (χ4v) is 4.91. The van der Waals surface area contributed by atoms with Crippen molar-refractivity contribution in [3.05, 3.63) is 94.0 Å². The fraction of sp³-hybridized carbons (Fsp3) is 0.345. The quantitative estimate of drug-likeness (QED) is 0.526. The maximum absolute atomic E-state index is 13.2. The van der Waals surface area contributed by atoms with E-state index in [4.69, 9.17) is 9.47 Å². The van der Waals surface area contributed by atoms with Gasteiger partial charge in [-0.25, -0.2) is 0 Å². The molecule has 1 aliphatic rings. The predicted octanol–water partition coefficient (Wildman–Crippen LogP) is 5.24. The van der Waals surface area contributed by atoms with Gasteiger partial charge in [-0.15, -0.1) is 0 Å². The van der Waals surface area contributed by atoms with Crippen LogP contribution < -0.4 is 14.8 Å². The molecule has 3 aromatic carbocycles. The van der Waals surface area contributed by atoms with Gasteiger partial charge in [0.1, 0.15) is 0 Å². The summed E-state index contributed by atoms with van der Waals surface area (Å²) in [7, 11) is 3.33. The third-order valence-electron chi connectivity index (χ3n) is 6.75. The summed E-state index contributed by atoms with van der Waals surface area (Å²) >= 11 is 0. The first-order valence-corrected chi connectivity index (χ1v) is 11.8. The fourth-order valence-electron chi connectivity index (χ4n) is 4.91. The molecule has 34 heavy (non-hydrogen) atoms. The van der Waals surface area contributed by atoms with Crippen molar-refractivity contribution in [2.24, 2.45) is 0 Å². The van der Waals surface area contributed by atoms with E-state index in [1.165, 1.54) is 22.3 Å². The van der Waals surface area contributed by atoms with E-state index in [2.05, 4.69) is 60.5 Å². The van der Waals surface area contributed by atoms with Crippen LogP contribution in [0.1, 0.15) is 51.1 Å². The van der Waals surface area contributed by atoms with Gasteiger partial charge < -0.3 is 14.8 Å². The SMILES string of the molecule is COc1cc2c(cc1OC)[C@@H]([C@H](C)NC(=O)c1ccccc1C)N(Cc1ccc(C)cc1)CC2. The van der Waals surface area contributed by atoms with Gasteiger partial charge in [-0.3, -0.25) is 9.69 Å². The van der Waals surface area contributed by atoms with Crippen LogP contribution in [-0.4, -0.2) is 37.6 Å². The summed E-state index contributed by atoms with van der Waals surface area (Å²) in [6.07, 6.45) is 0.913. The van der Waals surface area contributed by atoms with Crippen LogP contribution >= 0.6 is 0 Å². The molecule has 1 aliphatic heterocycles. The number of carbonyl (C=O) groups excluding carboxylic acids is 1. The Hall–Kier alpha value is -3.31. The number of aryl methyl sites for hydroxylation is 2. The molecule has 1 amide bonds. The Balaban J connectivity index is 1.69. The predicted molar refractivity (Wildman–Crippen MR) is 136 cm³/mol. The Morgan fingerprint density at radius 1 is 1.03 bits per heavy atom. The van der Waals surface area contributed by atoms with Crippen LogP contribution in [0.2, 0.25) is 0 Å². The monoisotopic (exact) mass is 458 g/mol. The summed E-state index contributed by atoms with van der Waals surface area (Å²) in [5.74, 6) is 1.40. The minimum Gasteiger partial charge on any atom is -0.493 e. The van der Waals surface area contributed by atoms with Gasteiger partial charge in [0.15, 0.2) is 11.5 Å². The molecule has 0 spiro atoms. The highest BCUT2D eigenvalue weighted by Gasteiger charge is 2.34. The van der Waals surface area contributed by atoms with Crippen molar-refractivity contribution < 1.29 is 14.3 Å². The normalized spacial score (nSPS) is 16.4. The van der Waals surface area contributed by atoms with Crippen molar-refractivity contribution in [1.29, 1.82) is 0 Å². The minimum atomic E-state index is -0.116. The van der Waals surface area contributed by atoms with Crippen molar-refractivity contribution in [2.75, 3.05) is 20.8 Å². The molecule has 0 aliphatic carbocycles. The molecule has 5 nitrogen and oxygen atoms in total. The second-order valence-electron chi connectivity index (χ2n) is 9.13. The van der Waals surface area contributed by atoms with Crippen molar-refractivity contribution >= 4 is 5.91 Å². The van der Waals surface area contributed by atoms with Crippen molar-refractivity contribution in [3.8, 4) is 11.5 Å². The van der Waals surface area contributed by atoms with E-state index >= 15 is 0 Å². The molecule has 5 heteroatoms. The maximum Gasteiger partial charge on any atom is 0.251 e. The third kappa shape index (κ3) is 4.95. The molecule has 2 atom stereocenters. The third-order valence-corrected chi connectivity index (χ3v) is 6.75.